The third kappa shape index (κ3) is 3.41. The van der Waals surface area contributed by atoms with Gasteiger partial charge in [0.05, 0.1) is 6.61 Å². The zero-order valence-corrected chi connectivity index (χ0v) is 15.3. The summed E-state index contributed by atoms with van der Waals surface area (Å²) in [5.41, 5.74) is 3.17. The molecule has 0 amide bonds. The molecule has 0 saturated carbocycles. The number of hydrogen-bond donors (Lipinski definition) is 0. The lowest BCUT2D eigenvalue weighted by Crippen LogP contribution is -2.48. The molecule has 1 aliphatic rings. The van der Waals surface area contributed by atoms with Crippen molar-refractivity contribution in [3.05, 3.63) is 35.9 Å². The molecule has 118 valence electrons. The minimum atomic E-state index is -1.76. The molecule has 0 spiro atoms. The van der Waals surface area contributed by atoms with Gasteiger partial charge in [0.1, 0.15) is 12.2 Å². The van der Waals surface area contributed by atoms with Crippen LogP contribution in [0.15, 0.2) is 30.3 Å². The van der Waals surface area contributed by atoms with E-state index in [-0.39, 0.29) is 12.2 Å². The molecule has 1 saturated heterocycles. The zero-order chi connectivity index (χ0) is 15.6. The molecule has 0 aliphatic carbocycles. The van der Waals surface area contributed by atoms with E-state index in [4.69, 9.17) is 9.16 Å². The highest BCUT2D eigenvalue weighted by Crippen LogP contribution is 2.45. The fourth-order valence-corrected chi connectivity index (χ4v) is 9.38. The molecule has 1 aromatic carbocycles. The van der Waals surface area contributed by atoms with Crippen LogP contribution in [0.3, 0.4) is 0 Å². The van der Waals surface area contributed by atoms with Crippen LogP contribution in [0.25, 0.3) is 0 Å². The first kappa shape index (κ1) is 16.7. The largest absolute Gasteiger partial charge is 0.413 e. The van der Waals surface area contributed by atoms with Gasteiger partial charge >= 0.3 is 0 Å². The van der Waals surface area contributed by atoms with Crippen LogP contribution in [0.4, 0.5) is 0 Å². The van der Waals surface area contributed by atoms with E-state index in [0.717, 1.165) is 6.61 Å². The van der Waals surface area contributed by atoms with Gasteiger partial charge in [0.15, 0.2) is 8.32 Å². The Kier molecular flexibility index (Phi) is 5.28. The summed E-state index contributed by atoms with van der Waals surface area (Å²) in [5, 5.41) is 0. The highest BCUT2D eigenvalue weighted by Gasteiger charge is 2.48. The molecule has 0 N–H and O–H groups in total. The second kappa shape index (κ2) is 6.63. The molecule has 21 heavy (non-hydrogen) atoms. The number of hydrogen-bond acceptors (Lipinski definition) is 2. The number of ether oxygens (including phenoxy) is 1. The first-order valence-corrected chi connectivity index (χ1v) is 10.4. The maximum Gasteiger partial charge on any atom is 0.200 e. The van der Waals surface area contributed by atoms with Crippen LogP contribution in [0.5, 0.6) is 0 Å². The number of epoxide rings is 1. The Labute approximate surface area is 131 Å². The van der Waals surface area contributed by atoms with Crippen molar-refractivity contribution in [1.29, 1.82) is 0 Å². The van der Waals surface area contributed by atoms with Crippen LogP contribution < -0.4 is 0 Å². The van der Waals surface area contributed by atoms with Gasteiger partial charge < -0.3 is 9.16 Å². The lowest BCUT2D eigenvalue weighted by molar-refractivity contribution is 0.235. The van der Waals surface area contributed by atoms with E-state index in [1.165, 1.54) is 5.56 Å². The summed E-state index contributed by atoms with van der Waals surface area (Å²) in [6.45, 7) is 14.7. The molecular formula is C18H30O2Si. The van der Waals surface area contributed by atoms with Crippen molar-refractivity contribution >= 4 is 8.32 Å². The van der Waals surface area contributed by atoms with Crippen LogP contribution in [0.1, 0.15) is 53.2 Å². The van der Waals surface area contributed by atoms with Gasteiger partial charge in [-0.2, -0.15) is 0 Å². The third-order valence-corrected chi connectivity index (χ3v) is 11.0. The summed E-state index contributed by atoms with van der Waals surface area (Å²) in [7, 11) is -1.76. The highest BCUT2D eigenvalue weighted by atomic mass is 28.4. The molecule has 1 fully saturated rings. The Morgan fingerprint density at radius 3 is 1.95 bits per heavy atom. The maximum absolute atomic E-state index is 6.60. The van der Waals surface area contributed by atoms with Gasteiger partial charge in [-0.1, -0.05) is 71.9 Å². The SMILES string of the molecule is CC(C)[Si](OC[C@@H]1O[C@H]1c1ccccc1)(C(C)C)C(C)C. The van der Waals surface area contributed by atoms with Crippen LogP contribution in [-0.2, 0) is 9.16 Å². The molecule has 1 heterocycles. The van der Waals surface area contributed by atoms with Crippen molar-refractivity contribution in [1.82, 2.24) is 0 Å². The van der Waals surface area contributed by atoms with Crippen molar-refractivity contribution < 1.29 is 9.16 Å². The van der Waals surface area contributed by atoms with Gasteiger partial charge in [-0.15, -0.1) is 0 Å². The van der Waals surface area contributed by atoms with E-state index in [9.17, 15) is 0 Å². The predicted molar refractivity (Wildman–Crippen MR) is 91.1 cm³/mol. The van der Waals surface area contributed by atoms with Crippen molar-refractivity contribution in [3.8, 4) is 0 Å². The van der Waals surface area contributed by atoms with Gasteiger partial charge in [0.2, 0.25) is 0 Å². The van der Waals surface area contributed by atoms with E-state index in [0.29, 0.717) is 16.6 Å². The standard InChI is InChI=1S/C18H30O2Si/c1-13(2)21(14(3)4,15(5)6)19-12-17-18(20-17)16-10-8-7-9-11-16/h7-11,13-15,17-18H,12H2,1-6H3/t17-,18-/m0/s1. The average Bonchev–Trinajstić information content (AvgIpc) is 3.19. The molecule has 0 bridgehead atoms. The summed E-state index contributed by atoms with van der Waals surface area (Å²) in [6, 6.07) is 10.5. The fraction of sp³-hybridized carbons (Fsp3) is 0.667. The molecule has 0 aromatic heterocycles. The first-order chi connectivity index (χ1) is 9.89. The Bertz CT molecular complexity index is 420. The van der Waals surface area contributed by atoms with Gasteiger partial charge in [0.25, 0.3) is 0 Å². The molecule has 0 radical (unpaired) electrons. The molecule has 2 rings (SSSR count). The molecule has 0 unspecified atom stereocenters. The molecule has 2 nitrogen and oxygen atoms in total. The minimum Gasteiger partial charge on any atom is -0.413 e. The van der Waals surface area contributed by atoms with Crippen molar-refractivity contribution in [2.24, 2.45) is 0 Å². The summed E-state index contributed by atoms with van der Waals surface area (Å²) in [6.07, 6.45) is 0.486. The second-order valence-electron chi connectivity index (χ2n) is 7.13. The van der Waals surface area contributed by atoms with Crippen LogP contribution in [0, 0.1) is 0 Å². The van der Waals surface area contributed by atoms with Crippen LogP contribution >= 0.6 is 0 Å². The van der Waals surface area contributed by atoms with Crippen LogP contribution in [0.2, 0.25) is 16.6 Å². The van der Waals surface area contributed by atoms with Gasteiger partial charge in [-0.05, 0) is 22.2 Å². The average molecular weight is 307 g/mol. The van der Waals surface area contributed by atoms with E-state index >= 15 is 0 Å². The van der Waals surface area contributed by atoms with E-state index < -0.39 is 8.32 Å². The quantitative estimate of drug-likeness (QED) is 0.502. The predicted octanol–water partition coefficient (Wildman–Crippen LogP) is 5.32. The normalized spacial score (nSPS) is 22.3. The monoisotopic (exact) mass is 306 g/mol. The van der Waals surface area contributed by atoms with E-state index in [1.54, 1.807) is 0 Å². The van der Waals surface area contributed by atoms with E-state index in [1.807, 2.05) is 6.07 Å². The lowest BCUT2D eigenvalue weighted by atomic mass is 10.1. The Hall–Kier alpha value is -0.643. The summed E-state index contributed by atoms with van der Waals surface area (Å²) < 4.78 is 12.4. The Morgan fingerprint density at radius 1 is 0.952 bits per heavy atom. The van der Waals surface area contributed by atoms with Crippen molar-refractivity contribution in [2.45, 2.75) is 70.4 Å². The van der Waals surface area contributed by atoms with Crippen molar-refractivity contribution in [2.75, 3.05) is 6.61 Å². The fourth-order valence-electron chi connectivity index (χ4n) is 3.93. The molecule has 1 aliphatic heterocycles. The van der Waals surface area contributed by atoms with Gasteiger partial charge in [0, 0.05) is 0 Å². The number of rotatable bonds is 7. The summed E-state index contributed by atoms with van der Waals surface area (Å²) >= 11 is 0. The minimum absolute atomic E-state index is 0.240. The molecule has 2 atom stereocenters. The summed E-state index contributed by atoms with van der Waals surface area (Å²) in [5.74, 6) is 0. The smallest absolute Gasteiger partial charge is 0.200 e. The lowest BCUT2D eigenvalue weighted by Gasteiger charge is -2.42. The molecule has 3 heteroatoms. The first-order valence-electron chi connectivity index (χ1n) is 8.24. The summed E-state index contributed by atoms with van der Waals surface area (Å²) in [4.78, 5) is 0. The highest BCUT2D eigenvalue weighted by molar-refractivity contribution is 6.77. The Morgan fingerprint density at radius 2 is 1.48 bits per heavy atom. The molecule has 1 aromatic rings. The third-order valence-electron chi connectivity index (χ3n) is 4.92. The molecular weight excluding hydrogens is 276 g/mol. The number of benzene rings is 1. The van der Waals surface area contributed by atoms with Crippen molar-refractivity contribution in [3.63, 3.8) is 0 Å². The second-order valence-corrected chi connectivity index (χ2v) is 12.6. The van der Waals surface area contributed by atoms with E-state index in [2.05, 4.69) is 65.8 Å². The van der Waals surface area contributed by atoms with Gasteiger partial charge in [-0.25, -0.2) is 0 Å². The van der Waals surface area contributed by atoms with Crippen LogP contribution in [-0.4, -0.2) is 21.0 Å². The van der Waals surface area contributed by atoms with Gasteiger partial charge in [-0.3, -0.25) is 0 Å². The topological polar surface area (TPSA) is 21.8 Å². The Balaban J connectivity index is 1.98. The maximum atomic E-state index is 6.60. The zero-order valence-electron chi connectivity index (χ0n) is 14.3.